The average molecular weight is 330 g/mol. The third-order valence-electron chi connectivity index (χ3n) is 3.25. The fraction of sp³-hybridized carbons (Fsp3) is 0.222. The second-order valence-electron chi connectivity index (χ2n) is 5.29. The molecule has 5 nitrogen and oxygen atoms in total. The fourth-order valence-corrected chi connectivity index (χ4v) is 2.08. The summed E-state index contributed by atoms with van der Waals surface area (Å²) in [5.41, 5.74) is 6.58. The normalized spacial score (nSPS) is 10.2. The molecule has 0 saturated carbocycles. The Morgan fingerprint density at radius 3 is 2.33 bits per heavy atom. The Morgan fingerprint density at radius 2 is 1.71 bits per heavy atom. The van der Waals surface area contributed by atoms with Gasteiger partial charge in [-0.3, -0.25) is 9.59 Å². The van der Waals surface area contributed by atoms with Crippen LogP contribution in [0.2, 0.25) is 0 Å². The number of amides is 2. The summed E-state index contributed by atoms with van der Waals surface area (Å²) in [6, 6.07) is 12.7. The maximum Gasteiger partial charge on any atom is 0.224 e. The van der Waals surface area contributed by atoms with Crippen LogP contribution in [0.1, 0.15) is 18.4 Å². The lowest BCUT2D eigenvalue weighted by Crippen LogP contribution is -2.14. The molecule has 6 heteroatoms. The third kappa shape index (κ3) is 6.08. The smallest absolute Gasteiger partial charge is 0.224 e. The van der Waals surface area contributed by atoms with Crippen LogP contribution in [0.25, 0.3) is 0 Å². The number of primary amides is 1. The van der Waals surface area contributed by atoms with E-state index in [0.717, 1.165) is 5.56 Å². The maximum absolute atomic E-state index is 12.7. The van der Waals surface area contributed by atoms with Gasteiger partial charge in [0.05, 0.1) is 13.0 Å². The zero-order valence-electron chi connectivity index (χ0n) is 13.1. The predicted molar refractivity (Wildman–Crippen MR) is 89.1 cm³/mol. The minimum Gasteiger partial charge on any atom is -0.494 e. The highest BCUT2D eigenvalue weighted by Gasteiger charge is 2.04. The number of benzene rings is 2. The van der Waals surface area contributed by atoms with Crippen LogP contribution in [0.5, 0.6) is 5.75 Å². The van der Waals surface area contributed by atoms with Crippen LogP contribution in [0, 0.1) is 5.82 Å². The van der Waals surface area contributed by atoms with Crippen molar-refractivity contribution in [2.24, 2.45) is 5.73 Å². The van der Waals surface area contributed by atoms with Gasteiger partial charge in [-0.25, -0.2) is 4.39 Å². The molecule has 126 valence electrons. The molecule has 24 heavy (non-hydrogen) atoms. The topological polar surface area (TPSA) is 81.4 Å². The van der Waals surface area contributed by atoms with Crippen molar-refractivity contribution in [3.05, 3.63) is 59.9 Å². The van der Waals surface area contributed by atoms with Gasteiger partial charge < -0.3 is 15.8 Å². The quantitative estimate of drug-likeness (QED) is 0.730. The Kier molecular flexibility index (Phi) is 6.31. The van der Waals surface area contributed by atoms with Crippen molar-refractivity contribution < 1.29 is 18.7 Å². The number of halogens is 1. The zero-order chi connectivity index (χ0) is 17.4. The molecule has 0 radical (unpaired) electrons. The lowest BCUT2D eigenvalue weighted by Gasteiger charge is -2.07. The predicted octanol–water partition coefficient (Wildman–Crippen LogP) is 2.65. The van der Waals surface area contributed by atoms with E-state index in [1.54, 1.807) is 36.4 Å². The molecule has 0 saturated heterocycles. The number of ether oxygens (including phenoxy) is 1. The molecular formula is C18H19FN2O3. The average Bonchev–Trinajstić information content (AvgIpc) is 2.55. The van der Waals surface area contributed by atoms with E-state index >= 15 is 0 Å². The summed E-state index contributed by atoms with van der Waals surface area (Å²) in [4.78, 5) is 22.7. The van der Waals surface area contributed by atoms with Gasteiger partial charge >= 0.3 is 0 Å². The summed E-state index contributed by atoms with van der Waals surface area (Å²) >= 11 is 0. The van der Waals surface area contributed by atoms with Crippen molar-refractivity contribution in [3.8, 4) is 5.75 Å². The van der Waals surface area contributed by atoms with Crippen molar-refractivity contribution in [2.75, 3.05) is 11.9 Å². The van der Waals surface area contributed by atoms with Gasteiger partial charge in [-0.15, -0.1) is 0 Å². The lowest BCUT2D eigenvalue weighted by atomic mass is 10.1. The van der Waals surface area contributed by atoms with E-state index in [9.17, 15) is 14.0 Å². The molecule has 0 heterocycles. The molecule has 0 unspecified atom stereocenters. The zero-order valence-corrected chi connectivity index (χ0v) is 13.1. The number of nitrogens with two attached hydrogens (primary N) is 1. The number of hydrogen-bond donors (Lipinski definition) is 2. The van der Waals surface area contributed by atoms with Crippen molar-refractivity contribution in [2.45, 2.75) is 19.3 Å². The monoisotopic (exact) mass is 330 g/mol. The molecule has 2 aromatic rings. The summed E-state index contributed by atoms with van der Waals surface area (Å²) in [6.45, 7) is 0.372. The highest BCUT2D eigenvalue weighted by Crippen LogP contribution is 2.13. The third-order valence-corrected chi connectivity index (χ3v) is 3.25. The van der Waals surface area contributed by atoms with E-state index in [2.05, 4.69) is 5.32 Å². The fourth-order valence-electron chi connectivity index (χ4n) is 2.08. The second kappa shape index (κ2) is 8.67. The van der Waals surface area contributed by atoms with E-state index in [1.165, 1.54) is 12.1 Å². The van der Waals surface area contributed by atoms with Crippen molar-refractivity contribution in [1.29, 1.82) is 0 Å². The first-order valence-electron chi connectivity index (χ1n) is 7.58. The standard InChI is InChI=1S/C18H19FN2O3/c19-14-5-9-16(10-6-14)24-11-1-2-18(23)21-15-7-3-13(4-8-15)12-17(20)22/h3-10H,1-2,11-12H2,(H2,20,22)(H,21,23). The van der Waals surface area contributed by atoms with Gasteiger partial charge in [-0.2, -0.15) is 0 Å². The molecule has 0 spiro atoms. The van der Waals surface area contributed by atoms with Crippen LogP contribution in [-0.4, -0.2) is 18.4 Å². The number of carbonyl (C=O) groups is 2. The highest BCUT2D eigenvalue weighted by molar-refractivity contribution is 5.90. The van der Waals surface area contributed by atoms with Gasteiger partial charge in [0, 0.05) is 12.1 Å². The van der Waals surface area contributed by atoms with Crippen molar-refractivity contribution in [1.82, 2.24) is 0 Å². The Bertz CT molecular complexity index is 684. The molecule has 2 aromatic carbocycles. The molecular weight excluding hydrogens is 311 g/mol. The minimum absolute atomic E-state index is 0.125. The Balaban J connectivity index is 1.69. The number of hydrogen-bond acceptors (Lipinski definition) is 3. The first-order chi connectivity index (χ1) is 11.5. The highest BCUT2D eigenvalue weighted by atomic mass is 19.1. The molecule has 2 rings (SSSR count). The molecule has 3 N–H and O–H groups in total. The van der Waals surface area contributed by atoms with E-state index in [0.29, 0.717) is 30.9 Å². The van der Waals surface area contributed by atoms with E-state index in [4.69, 9.17) is 10.5 Å². The summed E-state index contributed by atoms with van der Waals surface area (Å²) < 4.78 is 18.2. The molecule has 0 fully saturated rings. The first kappa shape index (κ1) is 17.5. The summed E-state index contributed by atoms with van der Waals surface area (Å²) in [7, 11) is 0. The SMILES string of the molecule is NC(=O)Cc1ccc(NC(=O)CCCOc2ccc(F)cc2)cc1. The summed E-state index contributed by atoms with van der Waals surface area (Å²) in [5, 5.41) is 2.77. The molecule has 0 aliphatic carbocycles. The molecule has 0 atom stereocenters. The maximum atomic E-state index is 12.7. The van der Waals surface area contributed by atoms with Crippen LogP contribution >= 0.6 is 0 Å². The van der Waals surface area contributed by atoms with Gasteiger partial charge in [-0.1, -0.05) is 12.1 Å². The number of rotatable bonds is 8. The minimum atomic E-state index is -0.395. The van der Waals surface area contributed by atoms with Gasteiger partial charge in [0.25, 0.3) is 0 Å². The summed E-state index contributed by atoms with van der Waals surface area (Å²) in [6.07, 6.45) is 1.03. The van der Waals surface area contributed by atoms with Gasteiger partial charge in [-0.05, 0) is 48.4 Å². The van der Waals surface area contributed by atoms with Gasteiger partial charge in [0.15, 0.2) is 0 Å². The number of carbonyl (C=O) groups excluding carboxylic acids is 2. The van der Waals surface area contributed by atoms with Gasteiger partial charge in [0.1, 0.15) is 11.6 Å². The molecule has 2 amide bonds. The Morgan fingerprint density at radius 1 is 1.04 bits per heavy atom. The van der Waals surface area contributed by atoms with Crippen molar-refractivity contribution in [3.63, 3.8) is 0 Å². The van der Waals surface area contributed by atoms with Crippen molar-refractivity contribution >= 4 is 17.5 Å². The van der Waals surface area contributed by atoms with E-state index in [1.807, 2.05) is 0 Å². The Labute approximate surface area is 139 Å². The number of anilines is 1. The van der Waals surface area contributed by atoms with E-state index < -0.39 is 5.91 Å². The molecule has 0 bridgehead atoms. The second-order valence-corrected chi connectivity index (χ2v) is 5.29. The Hall–Kier alpha value is -2.89. The van der Waals surface area contributed by atoms with E-state index in [-0.39, 0.29) is 18.1 Å². The first-order valence-corrected chi connectivity index (χ1v) is 7.58. The van der Waals surface area contributed by atoms with Crippen LogP contribution in [0.15, 0.2) is 48.5 Å². The summed E-state index contributed by atoms with van der Waals surface area (Å²) in [5.74, 6) is -0.265. The number of nitrogens with one attached hydrogen (secondary N) is 1. The molecule has 0 aliphatic rings. The lowest BCUT2D eigenvalue weighted by molar-refractivity contribution is -0.117. The largest absolute Gasteiger partial charge is 0.494 e. The van der Waals surface area contributed by atoms with Gasteiger partial charge in [0.2, 0.25) is 11.8 Å². The van der Waals surface area contributed by atoms with Crippen LogP contribution in [-0.2, 0) is 16.0 Å². The van der Waals surface area contributed by atoms with Crippen LogP contribution in [0.3, 0.4) is 0 Å². The van der Waals surface area contributed by atoms with Crippen LogP contribution in [0.4, 0.5) is 10.1 Å². The molecule has 0 aliphatic heterocycles. The van der Waals surface area contributed by atoms with Crippen LogP contribution < -0.4 is 15.8 Å². The molecule has 0 aromatic heterocycles.